The minimum Gasteiger partial charge on any atom is -0.368 e. The van der Waals surface area contributed by atoms with Crippen LogP contribution >= 0.6 is 22.6 Å². The molecular formula is C11H13IN2O2. The van der Waals surface area contributed by atoms with Gasteiger partial charge in [-0.25, -0.2) is 4.98 Å². The summed E-state index contributed by atoms with van der Waals surface area (Å²) in [7, 11) is 0. The quantitative estimate of drug-likeness (QED) is 0.844. The topological polar surface area (TPSA) is 51.2 Å². The zero-order valence-corrected chi connectivity index (χ0v) is 11.2. The van der Waals surface area contributed by atoms with Crippen molar-refractivity contribution in [2.45, 2.75) is 25.9 Å². The van der Waals surface area contributed by atoms with Crippen LogP contribution in [0.15, 0.2) is 12.3 Å². The number of aromatic nitrogens is 1. The van der Waals surface area contributed by atoms with Gasteiger partial charge in [-0.1, -0.05) is 0 Å². The molecule has 0 bridgehead atoms. The second-order valence-electron chi connectivity index (χ2n) is 3.76. The molecule has 1 aromatic rings. The monoisotopic (exact) mass is 332 g/mol. The summed E-state index contributed by atoms with van der Waals surface area (Å²) in [4.78, 5) is 16.0. The molecule has 1 aromatic heterocycles. The van der Waals surface area contributed by atoms with E-state index in [-0.39, 0.29) is 12.0 Å². The molecule has 1 atom stereocenters. The fourth-order valence-corrected chi connectivity index (χ4v) is 2.04. The van der Waals surface area contributed by atoms with Gasteiger partial charge in [-0.3, -0.25) is 4.79 Å². The zero-order chi connectivity index (χ0) is 11.5. The van der Waals surface area contributed by atoms with Crippen LogP contribution in [-0.4, -0.2) is 23.6 Å². The summed E-state index contributed by atoms with van der Waals surface area (Å²) in [6, 6.07) is 1.91. The Morgan fingerprint density at radius 1 is 1.69 bits per heavy atom. The van der Waals surface area contributed by atoms with Gasteiger partial charge in [-0.05, 0) is 48.4 Å². The SMILES string of the molecule is Cc1c(I)ccnc1NC(=O)[C@H]1CCCO1. The van der Waals surface area contributed by atoms with E-state index >= 15 is 0 Å². The lowest BCUT2D eigenvalue weighted by Crippen LogP contribution is -2.27. The second kappa shape index (κ2) is 5.09. The van der Waals surface area contributed by atoms with E-state index in [1.165, 1.54) is 0 Å². The van der Waals surface area contributed by atoms with Gasteiger partial charge in [0.1, 0.15) is 11.9 Å². The molecule has 1 saturated heterocycles. The van der Waals surface area contributed by atoms with Crippen LogP contribution in [0.25, 0.3) is 0 Å². The smallest absolute Gasteiger partial charge is 0.254 e. The third-order valence-corrected chi connectivity index (χ3v) is 3.77. The average Bonchev–Trinajstić information content (AvgIpc) is 2.78. The normalized spacial score (nSPS) is 19.8. The molecule has 5 heteroatoms. The van der Waals surface area contributed by atoms with Gasteiger partial charge in [-0.15, -0.1) is 0 Å². The van der Waals surface area contributed by atoms with E-state index in [1.54, 1.807) is 6.20 Å². The van der Waals surface area contributed by atoms with Crippen LogP contribution in [0.5, 0.6) is 0 Å². The van der Waals surface area contributed by atoms with Crippen molar-refractivity contribution < 1.29 is 9.53 Å². The van der Waals surface area contributed by atoms with Crippen molar-refractivity contribution in [1.29, 1.82) is 0 Å². The van der Waals surface area contributed by atoms with Crippen molar-refractivity contribution in [2.24, 2.45) is 0 Å². The Kier molecular flexibility index (Phi) is 3.75. The summed E-state index contributed by atoms with van der Waals surface area (Å²) in [5.74, 6) is 0.544. The molecule has 1 N–H and O–H groups in total. The number of anilines is 1. The van der Waals surface area contributed by atoms with Crippen molar-refractivity contribution in [3.63, 3.8) is 0 Å². The van der Waals surface area contributed by atoms with Crippen molar-refractivity contribution in [2.75, 3.05) is 11.9 Å². The fourth-order valence-electron chi connectivity index (χ4n) is 1.62. The number of nitrogens with zero attached hydrogens (tertiary/aromatic N) is 1. The highest BCUT2D eigenvalue weighted by Crippen LogP contribution is 2.19. The molecule has 1 aliphatic heterocycles. The van der Waals surface area contributed by atoms with Crippen molar-refractivity contribution in [1.82, 2.24) is 4.98 Å². The van der Waals surface area contributed by atoms with Crippen LogP contribution in [0, 0.1) is 10.5 Å². The van der Waals surface area contributed by atoms with E-state index in [1.807, 2.05) is 13.0 Å². The van der Waals surface area contributed by atoms with E-state index in [4.69, 9.17) is 4.74 Å². The third-order valence-electron chi connectivity index (χ3n) is 2.60. The molecule has 4 nitrogen and oxygen atoms in total. The Morgan fingerprint density at radius 3 is 3.19 bits per heavy atom. The lowest BCUT2D eigenvalue weighted by Gasteiger charge is -2.11. The number of hydrogen-bond donors (Lipinski definition) is 1. The highest BCUT2D eigenvalue weighted by molar-refractivity contribution is 14.1. The molecule has 2 heterocycles. The Balaban J connectivity index is 2.08. The molecular weight excluding hydrogens is 319 g/mol. The van der Waals surface area contributed by atoms with Crippen molar-refractivity contribution >= 4 is 34.3 Å². The van der Waals surface area contributed by atoms with E-state index in [2.05, 4.69) is 32.9 Å². The summed E-state index contributed by atoms with van der Waals surface area (Å²) in [6.07, 6.45) is 3.14. The third kappa shape index (κ3) is 2.52. The molecule has 0 aliphatic carbocycles. The predicted octanol–water partition coefficient (Wildman–Crippen LogP) is 2.11. The first-order valence-corrected chi connectivity index (χ1v) is 6.30. The van der Waals surface area contributed by atoms with Crippen molar-refractivity contribution in [3.8, 4) is 0 Å². The van der Waals surface area contributed by atoms with Crippen LogP contribution in [0.2, 0.25) is 0 Å². The minimum atomic E-state index is -0.306. The van der Waals surface area contributed by atoms with E-state index < -0.39 is 0 Å². The summed E-state index contributed by atoms with van der Waals surface area (Å²) in [5, 5.41) is 2.81. The van der Waals surface area contributed by atoms with E-state index in [9.17, 15) is 4.79 Å². The standard InChI is InChI=1S/C11H13IN2O2/c1-7-8(12)4-5-13-10(7)14-11(15)9-3-2-6-16-9/h4-5,9H,2-3,6H2,1H3,(H,13,14,15)/t9-/m1/s1. The molecule has 86 valence electrons. The zero-order valence-electron chi connectivity index (χ0n) is 9.00. The molecule has 16 heavy (non-hydrogen) atoms. The number of carbonyl (C=O) groups is 1. The van der Waals surface area contributed by atoms with Crippen LogP contribution < -0.4 is 5.32 Å². The Hall–Kier alpha value is -0.690. The summed E-state index contributed by atoms with van der Waals surface area (Å²) in [6.45, 7) is 2.62. The summed E-state index contributed by atoms with van der Waals surface area (Å²) < 4.78 is 6.41. The number of hydrogen-bond acceptors (Lipinski definition) is 3. The number of ether oxygens (including phenoxy) is 1. The average molecular weight is 332 g/mol. The summed E-state index contributed by atoms with van der Waals surface area (Å²) >= 11 is 2.22. The van der Waals surface area contributed by atoms with Crippen molar-refractivity contribution in [3.05, 3.63) is 21.4 Å². The van der Waals surface area contributed by atoms with Gasteiger partial charge in [0, 0.05) is 21.9 Å². The van der Waals surface area contributed by atoms with Gasteiger partial charge in [0.15, 0.2) is 0 Å². The Bertz CT molecular complexity index is 403. The number of nitrogens with one attached hydrogen (secondary N) is 1. The van der Waals surface area contributed by atoms with Gasteiger partial charge in [0.25, 0.3) is 5.91 Å². The van der Waals surface area contributed by atoms with Gasteiger partial charge in [0.05, 0.1) is 0 Å². The number of carbonyl (C=O) groups excluding carboxylic acids is 1. The van der Waals surface area contributed by atoms with E-state index in [0.29, 0.717) is 12.4 Å². The first kappa shape index (κ1) is 11.8. The first-order valence-electron chi connectivity index (χ1n) is 5.22. The van der Waals surface area contributed by atoms with Gasteiger partial charge in [-0.2, -0.15) is 0 Å². The maximum atomic E-state index is 11.8. The van der Waals surface area contributed by atoms with Crippen LogP contribution in [0.4, 0.5) is 5.82 Å². The van der Waals surface area contributed by atoms with Crippen LogP contribution in [0.3, 0.4) is 0 Å². The van der Waals surface area contributed by atoms with E-state index in [0.717, 1.165) is 22.0 Å². The maximum absolute atomic E-state index is 11.8. The largest absolute Gasteiger partial charge is 0.368 e. The van der Waals surface area contributed by atoms with Crippen LogP contribution in [0.1, 0.15) is 18.4 Å². The molecule has 0 unspecified atom stereocenters. The molecule has 1 aliphatic rings. The molecule has 0 aromatic carbocycles. The summed E-state index contributed by atoms with van der Waals surface area (Å²) in [5.41, 5.74) is 0.995. The molecule has 0 spiro atoms. The molecule has 1 fully saturated rings. The highest BCUT2D eigenvalue weighted by atomic mass is 127. The molecule has 0 radical (unpaired) electrons. The minimum absolute atomic E-state index is 0.0879. The first-order chi connectivity index (χ1) is 7.68. The predicted molar refractivity (Wildman–Crippen MR) is 69.3 cm³/mol. The Labute approximate surface area is 108 Å². The Morgan fingerprint density at radius 2 is 2.50 bits per heavy atom. The van der Waals surface area contributed by atoms with Gasteiger partial charge < -0.3 is 10.1 Å². The highest BCUT2D eigenvalue weighted by Gasteiger charge is 2.24. The van der Waals surface area contributed by atoms with Gasteiger partial charge >= 0.3 is 0 Å². The van der Waals surface area contributed by atoms with Gasteiger partial charge in [0.2, 0.25) is 0 Å². The number of amides is 1. The van der Waals surface area contributed by atoms with Crippen LogP contribution in [-0.2, 0) is 9.53 Å². The molecule has 1 amide bonds. The molecule has 0 saturated carbocycles. The lowest BCUT2D eigenvalue weighted by molar-refractivity contribution is -0.124. The maximum Gasteiger partial charge on any atom is 0.254 e. The number of pyridine rings is 1. The molecule has 2 rings (SSSR count). The fraction of sp³-hybridized carbons (Fsp3) is 0.455. The lowest BCUT2D eigenvalue weighted by atomic mass is 10.2. The second-order valence-corrected chi connectivity index (χ2v) is 4.92. The number of rotatable bonds is 2. The number of halogens is 1.